The molecule has 160 valence electrons. The monoisotopic (exact) mass is 429 g/mol. The zero-order valence-corrected chi connectivity index (χ0v) is 18.3. The molecule has 8 heteroatoms. The highest BCUT2D eigenvalue weighted by Gasteiger charge is 2.24. The molecule has 2 N–H and O–H groups in total. The van der Waals surface area contributed by atoms with Crippen LogP contribution >= 0.6 is 0 Å². The summed E-state index contributed by atoms with van der Waals surface area (Å²) in [6.45, 7) is 6.60. The van der Waals surface area contributed by atoms with Crippen LogP contribution in [-0.4, -0.2) is 33.3 Å². The third-order valence-corrected chi connectivity index (χ3v) is 6.31. The molecule has 30 heavy (non-hydrogen) atoms. The molecule has 0 fully saturated rings. The minimum absolute atomic E-state index is 0.0639. The van der Waals surface area contributed by atoms with Crippen LogP contribution in [-0.2, 0) is 21.2 Å². The van der Waals surface area contributed by atoms with Crippen LogP contribution in [0.2, 0.25) is 0 Å². The number of para-hydroxylation sites is 1. The van der Waals surface area contributed by atoms with Gasteiger partial charge in [-0.1, -0.05) is 26.0 Å². The number of rotatable bonds is 6. The Morgan fingerprint density at radius 2 is 1.87 bits per heavy atom. The molecule has 0 aromatic heterocycles. The largest absolute Gasteiger partial charge is 0.352 e. The van der Waals surface area contributed by atoms with Gasteiger partial charge in [-0.3, -0.25) is 14.3 Å². The fourth-order valence-electron chi connectivity index (χ4n) is 3.43. The molecule has 2 aromatic carbocycles. The number of amides is 2. The van der Waals surface area contributed by atoms with Crippen LogP contribution < -0.4 is 14.9 Å². The molecule has 1 aliphatic heterocycles. The second-order valence-corrected chi connectivity index (χ2v) is 9.50. The lowest BCUT2D eigenvalue weighted by Gasteiger charge is -2.28. The van der Waals surface area contributed by atoms with Gasteiger partial charge in [-0.25, -0.2) is 8.42 Å². The fourth-order valence-corrected chi connectivity index (χ4v) is 4.56. The molecular formula is C22H27N3O4S. The predicted octanol–water partition coefficient (Wildman–Crippen LogP) is 3.17. The molecule has 2 amide bonds. The predicted molar refractivity (Wildman–Crippen MR) is 117 cm³/mol. The van der Waals surface area contributed by atoms with E-state index >= 15 is 0 Å². The van der Waals surface area contributed by atoms with E-state index in [1.54, 1.807) is 41.3 Å². The van der Waals surface area contributed by atoms with E-state index in [9.17, 15) is 18.0 Å². The van der Waals surface area contributed by atoms with Gasteiger partial charge in [0.25, 0.3) is 15.9 Å². The lowest BCUT2D eigenvalue weighted by molar-refractivity contribution is -0.116. The Labute approximate surface area is 177 Å². The number of sulfonamides is 1. The van der Waals surface area contributed by atoms with Crippen molar-refractivity contribution >= 4 is 33.2 Å². The molecule has 0 unspecified atom stereocenters. The van der Waals surface area contributed by atoms with E-state index in [2.05, 4.69) is 10.0 Å². The standard InChI is InChI=1S/C22H27N3O4S/c1-15(2)14-23-22(27)19-8-4-5-9-20(19)24-30(28,29)18-10-11-21-17(13-18)7-6-12-25(21)16(3)26/h4-5,8-11,13,15,24H,6-7,12,14H2,1-3H3,(H,23,27). The third kappa shape index (κ3) is 4.81. The molecule has 1 aliphatic rings. The van der Waals surface area contributed by atoms with Crippen LogP contribution in [0, 0.1) is 5.92 Å². The summed E-state index contributed by atoms with van der Waals surface area (Å²) in [5.41, 5.74) is 2.06. The van der Waals surface area contributed by atoms with Gasteiger partial charge in [0.05, 0.1) is 16.1 Å². The Kier molecular flexibility index (Phi) is 6.45. The molecular weight excluding hydrogens is 402 g/mol. The fraction of sp³-hybridized carbons (Fsp3) is 0.364. The summed E-state index contributed by atoms with van der Waals surface area (Å²) in [4.78, 5) is 26.1. The van der Waals surface area contributed by atoms with E-state index in [0.29, 0.717) is 19.5 Å². The normalized spacial score (nSPS) is 13.7. The van der Waals surface area contributed by atoms with Gasteiger partial charge in [0, 0.05) is 25.7 Å². The minimum atomic E-state index is -3.91. The zero-order chi connectivity index (χ0) is 21.9. The highest BCUT2D eigenvalue weighted by atomic mass is 32.2. The van der Waals surface area contributed by atoms with E-state index in [1.165, 1.54) is 13.0 Å². The lowest BCUT2D eigenvalue weighted by atomic mass is 10.0. The third-order valence-electron chi connectivity index (χ3n) is 4.95. The summed E-state index contributed by atoms with van der Waals surface area (Å²) in [7, 11) is -3.91. The molecule has 0 atom stereocenters. The van der Waals surface area contributed by atoms with Gasteiger partial charge in [0.15, 0.2) is 0 Å². The first-order chi connectivity index (χ1) is 14.2. The Balaban J connectivity index is 1.88. The van der Waals surface area contributed by atoms with Crippen LogP contribution in [0.25, 0.3) is 0 Å². The van der Waals surface area contributed by atoms with Crippen molar-refractivity contribution < 1.29 is 18.0 Å². The topological polar surface area (TPSA) is 95.6 Å². The average Bonchev–Trinajstić information content (AvgIpc) is 2.71. The quantitative estimate of drug-likeness (QED) is 0.737. The lowest BCUT2D eigenvalue weighted by Crippen LogP contribution is -2.33. The van der Waals surface area contributed by atoms with Crippen molar-refractivity contribution in [3.8, 4) is 0 Å². The summed E-state index contributed by atoms with van der Waals surface area (Å²) in [5.74, 6) is -0.113. The molecule has 0 spiro atoms. The number of carbonyl (C=O) groups excluding carboxylic acids is 2. The summed E-state index contributed by atoms with van der Waals surface area (Å²) in [5, 5.41) is 2.81. The van der Waals surface area contributed by atoms with E-state index in [4.69, 9.17) is 0 Å². The smallest absolute Gasteiger partial charge is 0.261 e. The van der Waals surface area contributed by atoms with Crippen LogP contribution in [0.3, 0.4) is 0 Å². The number of hydrogen-bond acceptors (Lipinski definition) is 4. The van der Waals surface area contributed by atoms with Crippen LogP contribution in [0.1, 0.15) is 43.1 Å². The summed E-state index contributed by atoms with van der Waals surface area (Å²) in [6, 6.07) is 11.3. The van der Waals surface area contributed by atoms with Crippen LogP contribution in [0.15, 0.2) is 47.4 Å². The minimum Gasteiger partial charge on any atom is -0.352 e. The number of nitrogens with one attached hydrogen (secondary N) is 2. The highest BCUT2D eigenvalue weighted by Crippen LogP contribution is 2.30. The van der Waals surface area contributed by atoms with Gasteiger partial charge in [-0.2, -0.15) is 0 Å². The molecule has 0 saturated carbocycles. The Bertz CT molecular complexity index is 1060. The van der Waals surface area contributed by atoms with Crippen molar-refractivity contribution in [2.24, 2.45) is 5.92 Å². The number of fused-ring (bicyclic) bond motifs is 1. The molecule has 0 saturated heterocycles. The van der Waals surface area contributed by atoms with Crippen molar-refractivity contribution in [2.75, 3.05) is 22.7 Å². The first-order valence-electron chi connectivity index (χ1n) is 10.00. The van der Waals surface area contributed by atoms with Gasteiger partial charge >= 0.3 is 0 Å². The number of carbonyl (C=O) groups is 2. The molecule has 3 rings (SSSR count). The van der Waals surface area contributed by atoms with Crippen molar-refractivity contribution in [3.63, 3.8) is 0 Å². The van der Waals surface area contributed by atoms with E-state index < -0.39 is 10.0 Å². The van der Waals surface area contributed by atoms with E-state index in [-0.39, 0.29) is 33.9 Å². The van der Waals surface area contributed by atoms with Gasteiger partial charge in [0.2, 0.25) is 5.91 Å². The maximum Gasteiger partial charge on any atom is 0.261 e. The van der Waals surface area contributed by atoms with Crippen molar-refractivity contribution in [2.45, 2.75) is 38.5 Å². The number of anilines is 2. The number of hydrogen-bond donors (Lipinski definition) is 2. The Morgan fingerprint density at radius 3 is 2.57 bits per heavy atom. The van der Waals surface area contributed by atoms with Crippen molar-refractivity contribution in [1.82, 2.24) is 5.32 Å². The number of aryl methyl sites for hydroxylation is 1. The Morgan fingerprint density at radius 1 is 1.13 bits per heavy atom. The van der Waals surface area contributed by atoms with Gasteiger partial charge in [-0.15, -0.1) is 0 Å². The summed E-state index contributed by atoms with van der Waals surface area (Å²) < 4.78 is 28.6. The molecule has 0 aliphatic carbocycles. The van der Waals surface area contributed by atoms with Crippen LogP contribution in [0.4, 0.5) is 11.4 Å². The summed E-state index contributed by atoms with van der Waals surface area (Å²) in [6.07, 6.45) is 1.49. The first kappa shape index (κ1) is 21.8. The average molecular weight is 430 g/mol. The first-order valence-corrected chi connectivity index (χ1v) is 11.5. The van der Waals surface area contributed by atoms with Gasteiger partial charge in [0.1, 0.15) is 0 Å². The molecule has 7 nitrogen and oxygen atoms in total. The van der Waals surface area contributed by atoms with E-state index in [0.717, 1.165) is 17.7 Å². The van der Waals surface area contributed by atoms with Gasteiger partial charge in [-0.05, 0) is 54.7 Å². The molecule has 0 radical (unpaired) electrons. The maximum absolute atomic E-state index is 13.0. The van der Waals surface area contributed by atoms with Crippen molar-refractivity contribution in [3.05, 3.63) is 53.6 Å². The maximum atomic E-state index is 13.0. The second-order valence-electron chi connectivity index (χ2n) is 7.82. The highest BCUT2D eigenvalue weighted by molar-refractivity contribution is 7.92. The SMILES string of the molecule is CC(=O)N1CCCc2cc(S(=O)(=O)Nc3ccccc3C(=O)NCC(C)C)ccc21. The molecule has 1 heterocycles. The van der Waals surface area contributed by atoms with E-state index in [1.807, 2.05) is 13.8 Å². The number of nitrogens with zero attached hydrogens (tertiary/aromatic N) is 1. The summed E-state index contributed by atoms with van der Waals surface area (Å²) >= 11 is 0. The molecule has 2 aromatic rings. The van der Waals surface area contributed by atoms with Crippen LogP contribution in [0.5, 0.6) is 0 Å². The zero-order valence-electron chi connectivity index (χ0n) is 17.4. The Hall–Kier alpha value is -2.87. The van der Waals surface area contributed by atoms with Crippen molar-refractivity contribution in [1.29, 1.82) is 0 Å². The number of benzene rings is 2. The second kappa shape index (κ2) is 8.87. The molecule has 0 bridgehead atoms. The van der Waals surface area contributed by atoms with Gasteiger partial charge < -0.3 is 10.2 Å².